The Labute approximate surface area is 265 Å². The van der Waals surface area contributed by atoms with E-state index in [4.69, 9.17) is 40.3 Å². The average Bonchev–Trinajstić information content (AvgIpc) is 2.97. The number of sulfonamides is 1. The molecular formula is C29H49N5O10S. The minimum absolute atomic E-state index is 0.0455. The van der Waals surface area contributed by atoms with E-state index in [9.17, 15) is 18.0 Å². The van der Waals surface area contributed by atoms with Crippen LogP contribution in [0.3, 0.4) is 0 Å². The van der Waals surface area contributed by atoms with Crippen molar-refractivity contribution in [1.29, 1.82) is 0 Å². The number of piperidine rings is 1. The van der Waals surface area contributed by atoms with E-state index >= 15 is 0 Å². The fourth-order valence-corrected chi connectivity index (χ4v) is 5.99. The molecule has 1 aliphatic rings. The standard InChI is InChI=1S/C27H45N5O8S.C2H4O2/c1-6-8-16-40-23-21(37-4)11-12-22(24(23)38-5)41(35,36)31-19(10-9-14-30-27(28)29)25(33)32-15-13-18(3)17-20(32)26(34)39-7-2;1-2(3)4/h11-12,18-20,31H,6-10,13-17H2,1-5H3,(H4,28,29,30);1H3,(H,3,4)/t18?,19-,20?;/m0./s1. The molecule has 2 rings (SSSR count). The number of ether oxygens (including phenoxy) is 4. The number of rotatable bonds is 16. The molecule has 256 valence electrons. The molecule has 0 aromatic heterocycles. The zero-order chi connectivity index (χ0) is 34.2. The lowest BCUT2D eigenvalue weighted by Crippen LogP contribution is -2.56. The number of methoxy groups -OCH3 is 2. The number of guanidine groups is 1. The van der Waals surface area contributed by atoms with Gasteiger partial charge in [0, 0.05) is 20.0 Å². The number of nitrogens with zero attached hydrogens (tertiary/aromatic N) is 2. The minimum Gasteiger partial charge on any atom is -0.493 e. The molecule has 1 saturated heterocycles. The molecule has 1 heterocycles. The number of amides is 1. The highest BCUT2D eigenvalue weighted by Gasteiger charge is 2.40. The quantitative estimate of drug-likeness (QED) is 0.0864. The van der Waals surface area contributed by atoms with Crippen LogP contribution in [0.25, 0.3) is 0 Å². The number of carboxylic acids is 1. The Hall–Kier alpha value is -3.79. The molecule has 16 heteroatoms. The van der Waals surface area contributed by atoms with Crippen molar-refractivity contribution in [2.75, 3.05) is 40.5 Å². The molecule has 1 amide bonds. The van der Waals surface area contributed by atoms with Gasteiger partial charge in [0.2, 0.25) is 21.7 Å². The topological polar surface area (TPSA) is 222 Å². The van der Waals surface area contributed by atoms with E-state index in [-0.39, 0.29) is 54.4 Å². The van der Waals surface area contributed by atoms with E-state index in [1.54, 1.807) is 6.92 Å². The summed E-state index contributed by atoms with van der Waals surface area (Å²) in [5.41, 5.74) is 10.8. The largest absolute Gasteiger partial charge is 0.493 e. The van der Waals surface area contributed by atoms with E-state index in [2.05, 4.69) is 9.71 Å². The molecule has 0 saturated carbocycles. The number of benzene rings is 1. The molecule has 1 fully saturated rings. The summed E-state index contributed by atoms with van der Waals surface area (Å²) in [7, 11) is -1.56. The molecule has 0 bridgehead atoms. The Morgan fingerprint density at radius 2 is 1.80 bits per heavy atom. The predicted molar refractivity (Wildman–Crippen MR) is 168 cm³/mol. The summed E-state index contributed by atoms with van der Waals surface area (Å²) >= 11 is 0. The molecule has 0 radical (unpaired) electrons. The Kier molecular flexibility index (Phi) is 17.1. The second-order valence-electron chi connectivity index (χ2n) is 10.4. The number of carboxylic acid groups (broad SMARTS) is 1. The summed E-state index contributed by atoms with van der Waals surface area (Å²) in [6, 6.07) is 0.773. The van der Waals surface area contributed by atoms with Gasteiger partial charge >= 0.3 is 5.97 Å². The van der Waals surface area contributed by atoms with Crippen LogP contribution in [0.4, 0.5) is 0 Å². The van der Waals surface area contributed by atoms with Gasteiger partial charge in [0.05, 0.1) is 27.4 Å². The van der Waals surface area contributed by atoms with Gasteiger partial charge in [0.25, 0.3) is 5.97 Å². The number of hydrogen-bond acceptors (Lipinski definition) is 10. The van der Waals surface area contributed by atoms with E-state index in [0.29, 0.717) is 31.6 Å². The fraction of sp³-hybridized carbons (Fsp3) is 0.655. The molecular weight excluding hydrogens is 610 g/mol. The van der Waals surface area contributed by atoms with E-state index in [0.717, 1.165) is 19.8 Å². The van der Waals surface area contributed by atoms with Crippen LogP contribution in [0.2, 0.25) is 0 Å². The molecule has 2 unspecified atom stereocenters. The lowest BCUT2D eigenvalue weighted by molar-refractivity contribution is -0.158. The van der Waals surface area contributed by atoms with Crippen molar-refractivity contribution < 1.29 is 46.9 Å². The highest BCUT2D eigenvalue weighted by atomic mass is 32.2. The van der Waals surface area contributed by atoms with Gasteiger partial charge in [-0.15, -0.1) is 0 Å². The number of hydrogen-bond donors (Lipinski definition) is 4. The SMILES string of the molecule is CC(=O)O.CCCCOc1c(OC)ccc(S(=O)(=O)N[C@@H](CCCN=C(N)N)C(=O)N2CCC(C)CC2C(=O)OCC)c1OC. The Morgan fingerprint density at radius 3 is 2.36 bits per heavy atom. The summed E-state index contributed by atoms with van der Waals surface area (Å²) in [6.45, 7) is 7.75. The molecule has 0 spiro atoms. The highest BCUT2D eigenvalue weighted by Crippen LogP contribution is 2.42. The summed E-state index contributed by atoms with van der Waals surface area (Å²) in [5.74, 6) is -1.39. The van der Waals surface area contributed by atoms with E-state index < -0.39 is 40.0 Å². The van der Waals surface area contributed by atoms with E-state index in [1.807, 2.05) is 13.8 Å². The molecule has 3 atom stereocenters. The third-order valence-corrected chi connectivity index (χ3v) is 8.24. The van der Waals surface area contributed by atoms with Crippen molar-refractivity contribution in [2.24, 2.45) is 22.4 Å². The Bertz CT molecular complexity index is 1250. The number of aliphatic imine (C=N–C) groups is 1. The molecule has 0 aliphatic carbocycles. The molecule has 45 heavy (non-hydrogen) atoms. The third kappa shape index (κ3) is 12.6. The monoisotopic (exact) mass is 659 g/mol. The first-order chi connectivity index (χ1) is 21.2. The van der Waals surface area contributed by atoms with Crippen LogP contribution in [0.15, 0.2) is 22.0 Å². The maximum Gasteiger partial charge on any atom is 0.328 e. The van der Waals surface area contributed by atoms with Gasteiger partial charge in [-0.1, -0.05) is 20.3 Å². The van der Waals surface area contributed by atoms with Crippen molar-refractivity contribution in [3.63, 3.8) is 0 Å². The summed E-state index contributed by atoms with van der Waals surface area (Å²) in [6.07, 6.45) is 3.08. The number of likely N-dealkylation sites (tertiary alicyclic amines) is 1. The van der Waals surface area contributed by atoms with Crippen LogP contribution in [0.1, 0.15) is 66.2 Å². The molecule has 1 aliphatic heterocycles. The number of unbranched alkanes of at least 4 members (excludes halogenated alkanes) is 1. The van der Waals surface area contributed by atoms with E-state index in [1.165, 1.54) is 31.3 Å². The summed E-state index contributed by atoms with van der Waals surface area (Å²) < 4.78 is 52.0. The number of nitrogens with one attached hydrogen (secondary N) is 1. The van der Waals surface area contributed by atoms with Crippen LogP contribution in [0, 0.1) is 5.92 Å². The zero-order valence-corrected chi connectivity index (χ0v) is 27.9. The lowest BCUT2D eigenvalue weighted by Gasteiger charge is -2.38. The third-order valence-electron chi connectivity index (χ3n) is 6.74. The maximum absolute atomic E-state index is 13.9. The molecule has 6 N–H and O–H groups in total. The maximum atomic E-state index is 13.9. The summed E-state index contributed by atoms with van der Waals surface area (Å²) in [4.78, 5) is 40.8. The second kappa shape index (κ2) is 19.6. The van der Waals surface area contributed by atoms with Gasteiger partial charge in [-0.25, -0.2) is 13.2 Å². The number of aliphatic carboxylic acids is 1. The number of carbonyl (C=O) groups excluding carboxylic acids is 2. The lowest BCUT2D eigenvalue weighted by atomic mass is 9.91. The van der Waals surface area contributed by atoms with Crippen molar-refractivity contribution in [1.82, 2.24) is 9.62 Å². The van der Waals surface area contributed by atoms with Gasteiger partial charge in [0.15, 0.2) is 17.5 Å². The van der Waals surface area contributed by atoms with Crippen molar-refractivity contribution in [3.8, 4) is 17.2 Å². The molecule has 1 aromatic carbocycles. The van der Waals surface area contributed by atoms with Crippen molar-refractivity contribution >= 4 is 33.8 Å². The highest BCUT2D eigenvalue weighted by molar-refractivity contribution is 7.89. The van der Waals surface area contributed by atoms with Gasteiger partial charge in [-0.2, -0.15) is 4.72 Å². The van der Waals surface area contributed by atoms with Crippen molar-refractivity contribution in [2.45, 2.75) is 83.2 Å². The zero-order valence-electron chi connectivity index (χ0n) is 27.0. The molecule has 15 nitrogen and oxygen atoms in total. The van der Waals surface area contributed by atoms with Crippen LogP contribution >= 0.6 is 0 Å². The number of esters is 1. The smallest absolute Gasteiger partial charge is 0.328 e. The van der Waals surface area contributed by atoms with Gasteiger partial charge in [-0.05, 0) is 57.1 Å². The normalized spacial score (nSPS) is 16.8. The Morgan fingerprint density at radius 1 is 1.13 bits per heavy atom. The molecule has 1 aromatic rings. The van der Waals surface area contributed by atoms with Gasteiger partial charge in [-0.3, -0.25) is 14.6 Å². The van der Waals surface area contributed by atoms with Gasteiger partial charge < -0.3 is 40.4 Å². The van der Waals surface area contributed by atoms with Crippen LogP contribution in [-0.2, 0) is 29.1 Å². The van der Waals surface area contributed by atoms with Crippen LogP contribution in [0.5, 0.6) is 17.2 Å². The number of nitrogens with two attached hydrogens (primary N) is 2. The van der Waals surface area contributed by atoms with Gasteiger partial charge in [0.1, 0.15) is 17.0 Å². The minimum atomic E-state index is -4.34. The first-order valence-corrected chi connectivity index (χ1v) is 16.3. The number of carbonyl (C=O) groups is 3. The van der Waals surface area contributed by atoms with Crippen LogP contribution in [-0.4, -0.2) is 94.8 Å². The van der Waals surface area contributed by atoms with Crippen molar-refractivity contribution in [3.05, 3.63) is 12.1 Å². The first-order valence-electron chi connectivity index (χ1n) is 14.9. The summed E-state index contributed by atoms with van der Waals surface area (Å²) in [5, 5.41) is 7.42. The average molecular weight is 660 g/mol. The van der Waals surface area contributed by atoms with Crippen LogP contribution < -0.4 is 30.4 Å². The predicted octanol–water partition coefficient (Wildman–Crippen LogP) is 1.86. The Balaban J connectivity index is 0.00000238. The fourth-order valence-electron chi connectivity index (χ4n) is 4.60. The second-order valence-corrected chi connectivity index (χ2v) is 12.1. The first kappa shape index (κ1) is 39.2.